The lowest BCUT2D eigenvalue weighted by molar-refractivity contribution is -0.167. The van der Waals surface area contributed by atoms with E-state index in [1.54, 1.807) is 41.3 Å². The number of aromatic nitrogens is 2. The first-order chi connectivity index (χ1) is 12.7. The second-order valence-electron chi connectivity index (χ2n) is 5.77. The average molecular weight is 376 g/mol. The molecule has 1 aromatic heterocycles. The Balaban J connectivity index is 1.98. The number of alkyl halides is 3. The van der Waals surface area contributed by atoms with Crippen molar-refractivity contribution in [2.45, 2.75) is 6.18 Å². The van der Waals surface area contributed by atoms with Gasteiger partial charge in [0.2, 0.25) is 0 Å². The topological polar surface area (TPSA) is 82.1 Å². The Morgan fingerprint density at radius 3 is 2.19 bits per heavy atom. The van der Waals surface area contributed by atoms with Crippen molar-refractivity contribution in [1.29, 1.82) is 0 Å². The number of rotatable bonds is 3. The van der Waals surface area contributed by atoms with Crippen LogP contribution in [-0.2, 0) is 11.8 Å². The third-order valence-corrected chi connectivity index (χ3v) is 3.98. The number of amides is 1. The SMILES string of the molecule is Cn1c(-c2ccc(NC(=O)C(F)(F)F)cc2)c(N)c(=O)n1-c1ccccc1. The molecule has 0 fully saturated rings. The molecule has 0 aliphatic heterocycles. The quantitative estimate of drug-likeness (QED) is 0.737. The second-order valence-corrected chi connectivity index (χ2v) is 5.77. The standard InChI is InChI=1S/C18H15F3N4O2/c1-24-15(14(22)16(26)25(24)13-5-3-2-4-6-13)11-7-9-12(10-8-11)23-17(27)18(19,20)21/h2-10H,22H2,1H3,(H,23,27). The molecule has 3 rings (SSSR count). The normalized spacial score (nSPS) is 11.4. The van der Waals surface area contributed by atoms with Crippen LogP contribution in [0.15, 0.2) is 59.4 Å². The predicted molar refractivity (Wildman–Crippen MR) is 95.5 cm³/mol. The number of hydrogen-bond donors (Lipinski definition) is 2. The van der Waals surface area contributed by atoms with Crippen LogP contribution in [0.4, 0.5) is 24.5 Å². The molecule has 0 aliphatic carbocycles. The van der Waals surface area contributed by atoms with Gasteiger partial charge in [0.15, 0.2) is 0 Å². The first-order valence-electron chi connectivity index (χ1n) is 7.81. The maximum Gasteiger partial charge on any atom is 0.471 e. The van der Waals surface area contributed by atoms with E-state index in [-0.39, 0.29) is 11.4 Å². The van der Waals surface area contributed by atoms with Gasteiger partial charge < -0.3 is 11.1 Å². The lowest BCUT2D eigenvalue weighted by Gasteiger charge is -2.11. The fourth-order valence-corrected chi connectivity index (χ4v) is 2.74. The number of nitrogens with two attached hydrogens (primary N) is 1. The van der Waals surface area contributed by atoms with Gasteiger partial charge in [0.05, 0.1) is 11.4 Å². The molecule has 27 heavy (non-hydrogen) atoms. The van der Waals surface area contributed by atoms with Gasteiger partial charge in [0.1, 0.15) is 5.69 Å². The fraction of sp³-hybridized carbons (Fsp3) is 0.111. The van der Waals surface area contributed by atoms with Crippen molar-refractivity contribution in [2.75, 3.05) is 11.1 Å². The zero-order valence-corrected chi connectivity index (χ0v) is 14.1. The molecule has 9 heteroatoms. The van der Waals surface area contributed by atoms with Gasteiger partial charge in [-0.3, -0.25) is 14.3 Å². The first-order valence-corrected chi connectivity index (χ1v) is 7.81. The smallest absolute Gasteiger partial charge is 0.392 e. The molecule has 6 nitrogen and oxygen atoms in total. The Morgan fingerprint density at radius 2 is 1.63 bits per heavy atom. The van der Waals surface area contributed by atoms with Crippen LogP contribution < -0.4 is 16.6 Å². The zero-order valence-electron chi connectivity index (χ0n) is 14.1. The molecule has 0 saturated heterocycles. The van der Waals surface area contributed by atoms with Crippen LogP contribution in [0.2, 0.25) is 0 Å². The highest BCUT2D eigenvalue weighted by molar-refractivity contribution is 5.95. The summed E-state index contributed by atoms with van der Waals surface area (Å²) in [4.78, 5) is 23.5. The predicted octanol–water partition coefficient (Wildman–Crippen LogP) is 2.93. The number of para-hydroxylation sites is 1. The number of carbonyl (C=O) groups is 1. The number of halogens is 3. The second kappa shape index (κ2) is 6.67. The van der Waals surface area contributed by atoms with Crippen LogP contribution in [0.1, 0.15) is 0 Å². The molecular formula is C18H15F3N4O2. The minimum Gasteiger partial charge on any atom is -0.392 e. The number of nitrogens with one attached hydrogen (secondary N) is 1. The van der Waals surface area contributed by atoms with E-state index in [0.717, 1.165) is 0 Å². The highest BCUT2D eigenvalue weighted by Gasteiger charge is 2.38. The number of nitrogens with zero attached hydrogens (tertiary/aromatic N) is 2. The summed E-state index contributed by atoms with van der Waals surface area (Å²) in [5, 5.41) is 1.76. The van der Waals surface area contributed by atoms with E-state index in [0.29, 0.717) is 16.9 Å². The fourth-order valence-electron chi connectivity index (χ4n) is 2.74. The van der Waals surface area contributed by atoms with Crippen LogP contribution in [-0.4, -0.2) is 21.4 Å². The molecule has 140 valence electrons. The third kappa shape index (κ3) is 3.43. The van der Waals surface area contributed by atoms with Gasteiger partial charge in [-0.1, -0.05) is 30.3 Å². The average Bonchev–Trinajstić information content (AvgIpc) is 2.85. The van der Waals surface area contributed by atoms with E-state index in [1.165, 1.54) is 28.9 Å². The monoisotopic (exact) mass is 376 g/mol. The summed E-state index contributed by atoms with van der Waals surface area (Å²) in [5.74, 6) is -2.06. The minimum atomic E-state index is -4.97. The van der Waals surface area contributed by atoms with Gasteiger partial charge in [-0.25, -0.2) is 4.68 Å². The van der Waals surface area contributed by atoms with E-state index < -0.39 is 17.6 Å². The Morgan fingerprint density at radius 1 is 1.04 bits per heavy atom. The maximum atomic E-state index is 12.5. The minimum absolute atomic E-state index is 0.00781. The Bertz CT molecular complexity index is 1040. The van der Waals surface area contributed by atoms with Gasteiger partial charge in [0.25, 0.3) is 5.56 Å². The number of anilines is 2. The molecule has 0 radical (unpaired) electrons. The number of benzene rings is 2. The first kappa shape index (κ1) is 18.3. The van der Waals surface area contributed by atoms with Crippen molar-refractivity contribution >= 4 is 17.3 Å². The summed E-state index contributed by atoms with van der Waals surface area (Å²) >= 11 is 0. The summed E-state index contributed by atoms with van der Waals surface area (Å²) in [6.45, 7) is 0. The van der Waals surface area contributed by atoms with E-state index in [4.69, 9.17) is 5.73 Å². The summed E-state index contributed by atoms with van der Waals surface area (Å²) in [5.41, 5.74) is 7.11. The van der Waals surface area contributed by atoms with Gasteiger partial charge in [-0.05, 0) is 24.3 Å². The molecule has 0 aliphatic rings. The zero-order chi connectivity index (χ0) is 19.8. The Hall–Kier alpha value is -3.49. The van der Waals surface area contributed by atoms with Crippen LogP contribution >= 0.6 is 0 Å². The molecule has 0 unspecified atom stereocenters. The van der Waals surface area contributed by atoms with E-state index in [2.05, 4.69) is 0 Å². The molecule has 0 atom stereocenters. The highest BCUT2D eigenvalue weighted by Crippen LogP contribution is 2.27. The van der Waals surface area contributed by atoms with Gasteiger partial charge >= 0.3 is 12.1 Å². The molecule has 1 heterocycles. The van der Waals surface area contributed by atoms with Gasteiger partial charge in [0, 0.05) is 18.3 Å². The molecule has 2 aromatic carbocycles. The third-order valence-electron chi connectivity index (χ3n) is 3.98. The molecule has 0 saturated carbocycles. The molecule has 0 bridgehead atoms. The van der Waals surface area contributed by atoms with Crippen molar-refractivity contribution in [1.82, 2.24) is 9.36 Å². The molecular weight excluding hydrogens is 361 g/mol. The molecule has 3 N–H and O–H groups in total. The highest BCUT2D eigenvalue weighted by atomic mass is 19.4. The van der Waals surface area contributed by atoms with E-state index >= 15 is 0 Å². The maximum absolute atomic E-state index is 12.5. The van der Waals surface area contributed by atoms with Gasteiger partial charge in [-0.15, -0.1) is 0 Å². The number of nitrogen functional groups attached to an aromatic ring is 1. The lowest BCUT2D eigenvalue weighted by atomic mass is 10.1. The van der Waals surface area contributed by atoms with Crippen molar-refractivity contribution in [3.63, 3.8) is 0 Å². The largest absolute Gasteiger partial charge is 0.471 e. The van der Waals surface area contributed by atoms with Gasteiger partial charge in [-0.2, -0.15) is 13.2 Å². The Labute approximate surface area is 151 Å². The van der Waals surface area contributed by atoms with Crippen molar-refractivity contribution in [2.24, 2.45) is 7.05 Å². The van der Waals surface area contributed by atoms with Crippen LogP contribution in [0.3, 0.4) is 0 Å². The van der Waals surface area contributed by atoms with Crippen molar-refractivity contribution in [3.05, 3.63) is 65.0 Å². The van der Waals surface area contributed by atoms with Crippen LogP contribution in [0, 0.1) is 0 Å². The van der Waals surface area contributed by atoms with E-state index in [1.807, 2.05) is 6.07 Å². The number of carbonyl (C=O) groups excluding carboxylic acids is 1. The summed E-state index contributed by atoms with van der Waals surface area (Å²) in [6, 6.07) is 14.5. The van der Waals surface area contributed by atoms with Crippen LogP contribution in [0.25, 0.3) is 16.9 Å². The summed E-state index contributed by atoms with van der Waals surface area (Å²) in [6.07, 6.45) is -4.97. The Kier molecular flexibility index (Phi) is 4.52. The molecule has 0 spiro atoms. The van der Waals surface area contributed by atoms with E-state index in [9.17, 15) is 22.8 Å². The summed E-state index contributed by atoms with van der Waals surface area (Å²) < 4.78 is 39.9. The van der Waals surface area contributed by atoms with Crippen LogP contribution in [0.5, 0.6) is 0 Å². The lowest BCUT2D eigenvalue weighted by Crippen LogP contribution is -2.29. The molecule has 3 aromatic rings. The van der Waals surface area contributed by atoms with Crippen molar-refractivity contribution < 1.29 is 18.0 Å². The molecule has 1 amide bonds. The summed E-state index contributed by atoms with van der Waals surface area (Å²) in [7, 11) is 1.65. The van der Waals surface area contributed by atoms with Crippen molar-refractivity contribution in [3.8, 4) is 16.9 Å². The number of hydrogen-bond acceptors (Lipinski definition) is 3.